The Morgan fingerprint density at radius 3 is 2.60 bits per heavy atom. The van der Waals surface area contributed by atoms with E-state index in [0.29, 0.717) is 24.8 Å². The van der Waals surface area contributed by atoms with E-state index in [9.17, 15) is 18.4 Å². The van der Waals surface area contributed by atoms with Crippen molar-refractivity contribution in [2.24, 2.45) is 5.92 Å². The van der Waals surface area contributed by atoms with Crippen LogP contribution >= 0.6 is 0 Å². The van der Waals surface area contributed by atoms with Crippen molar-refractivity contribution in [3.05, 3.63) is 35.4 Å². The van der Waals surface area contributed by atoms with E-state index in [2.05, 4.69) is 5.32 Å². The summed E-state index contributed by atoms with van der Waals surface area (Å²) in [5.41, 5.74) is 0.384. The van der Waals surface area contributed by atoms with Crippen LogP contribution in [0, 0.1) is 17.6 Å². The molecule has 0 radical (unpaired) electrons. The first-order valence-electron chi connectivity index (χ1n) is 6.42. The number of aliphatic carboxylic acids is 1. The number of benzene rings is 1. The van der Waals surface area contributed by atoms with Gasteiger partial charge in [0.15, 0.2) is 11.6 Å². The predicted octanol–water partition coefficient (Wildman–Crippen LogP) is 1.88. The van der Waals surface area contributed by atoms with Crippen LogP contribution in [0.1, 0.15) is 24.8 Å². The van der Waals surface area contributed by atoms with E-state index in [1.165, 1.54) is 6.07 Å². The second kappa shape index (κ2) is 5.98. The van der Waals surface area contributed by atoms with Crippen LogP contribution in [0.5, 0.6) is 0 Å². The fourth-order valence-electron chi connectivity index (χ4n) is 2.45. The largest absolute Gasteiger partial charge is 0.481 e. The van der Waals surface area contributed by atoms with Crippen molar-refractivity contribution in [3.8, 4) is 0 Å². The number of amides is 1. The molecule has 108 valence electrons. The van der Waals surface area contributed by atoms with E-state index in [-0.39, 0.29) is 18.4 Å². The molecule has 0 saturated heterocycles. The molecule has 1 aliphatic rings. The molecular formula is C14H15F2NO3. The molecule has 1 aliphatic carbocycles. The zero-order valence-corrected chi connectivity index (χ0v) is 10.7. The Balaban J connectivity index is 1.87. The van der Waals surface area contributed by atoms with Crippen LogP contribution in [-0.4, -0.2) is 23.0 Å². The quantitative estimate of drug-likeness (QED) is 0.886. The van der Waals surface area contributed by atoms with Gasteiger partial charge in [-0.2, -0.15) is 0 Å². The maximum atomic E-state index is 13.0. The molecule has 2 atom stereocenters. The number of rotatable bonds is 4. The van der Waals surface area contributed by atoms with E-state index >= 15 is 0 Å². The number of carbonyl (C=O) groups excluding carboxylic acids is 1. The fourth-order valence-corrected chi connectivity index (χ4v) is 2.45. The Bertz CT molecular complexity index is 533. The van der Waals surface area contributed by atoms with E-state index in [4.69, 9.17) is 5.11 Å². The third-order valence-corrected chi connectivity index (χ3v) is 3.50. The predicted molar refractivity (Wildman–Crippen MR) is 67.0 cm³/mol. The molecule has 0 heterocycles. The monoisotopic (exact) mass is 283 g/mol. The highest BCUT2D eigenvalue weighted by molar-refractivity contribution is 5.79. The maximum absolute atomic E-state index is 13.0. The molecule has 0 unspecified atom stereocenters. The molecule has 20 heavy (non-hydrogen) atoms. The molecule has 2 rings (SSSR count). The zero-order chi connectivity index (χ0) is 14.7. The van der Waals surface area contributed by atoms with Gasteiger partial charge in [-0.3, -0.25) is 9.59 Å². The number of nitrogens with one attached hydrogen (secondary N) is 1. The molecule has 4 nitrogen and oxygen atoms in total. The van der Waals surface area contributed by atoms with Gasteiger partial charge in [0, 0.05) is 6.04 Å². The van der Waals surface area contributed by atoms with Gasteiger partial charge in [-0.25, -0.2) is 8.78 Å². The Morgan fingerprint density at radius 2 is 2.00 bits per heavy atom. The zero-order valence-electron chi connectivity index (χ0n) is 10.7. The van der Waals surface area contributed by atoms with Crippen LogP contribution in [0.25, 0.3) is 0 Å². The second-order valence-corrected chi connectivity index (χ2v) is 5.04. The van der Waals surface area contributed by atoms with Crippen molar-refractivity contribution < 1.29 is 23.5 Å². The van der Waals surface area contributed by atoms with E-state index in [1.54, 1.807) is 0 Å². The summed E-state index contributed by atoms with van der Waals surface area (Å²) in [6.07, 6.45) is 1.54. The van der Waals surface area contributed by atoms with Crippen LogP contribution in [-0.2, 0) is 16.0 Å². The third-order valence-electron chi connectivity index (χ3n) is 3.50. The minimum atomic E-state index is -0.984. The summed E-state index contributed by atoms with van der Waals surface area (Å²) >= 11 is 0. The average molecular weight is 283 g/mol. The smallest absolute Gasteiger partial charge is 0.306 e. The number of hydrogen-bond donors (Lipinski definition) is 2. The standard InChI is InChI=1S/C14H15F2NO3/c15-11-4-1-8(5-12(11)16)6-13(18)17-10-3-2-9(7-10)14(19)20/h1,4-5,9-10H,2-3,6-7H2,(H,17,18)(H,19,20)/t9-,10+/m0/s1. The minimum absolute atomic E-state index is 0.0502. The maximum Gasteiger partial charge on any atom is 0.306 e. The summed E-state index contributed by atoms with van der Waals surface area (Å²) in [7, 11) is 0. The SMILES string of the molecule is O=C(Cc1ccc(F)c(F)c1)N[C@@H]1CC[C@H](C(=O)O)C1. The number of halogens is 2. The Labute approximate surface area is 114 Å². The van der Waals surface area contributed by atoms with Gasteiger partial charge in [-0.1, -0.05) is 6.07 Å². The van der Waals surface area contributed by atoms with Crippen LogP contribution in [0.4, 0.5) is 8.78 Å². The van der Waals surface area contributed by atoms with E-state index in [0.717, 1.165) is 12.1 Å². The molecule has 1 amide bonds. The van der Waals surface area contributed by atoms with Crippen molar-refractivity contribution in [2.75, 3.05) is 0 Å². The summed E-state index contributed by atoms with van der Waals surface area (Å²) in [6, 6.07) is 3.17. The number of carboxylic acid groups (broad SMARTS) is 1. The van der Waals surface area contributed by atoms with Gasteiger partial charge in [0.1, 0.15) is 0 Å². The molecule has 1 fully saturated rings. The minimum Gasteiger partial charge on any atom is -0.481 e. The first kappa shape index (κ1) is 14.4. The molecule has 1 saturated carbocycles. The number of carbonyl (C=O) groups is 2. The van der Waals surface area contributed by atoms with Crippen molar-refractivity contribution >= 4 is 11.9 Å². The summed E-state index contributed by atoms with van der Waals surface area (Å²) in [6.45, 7) is 0. The molecular weight excluding hydrogens is 268 g/mol. The van der Waals surface area contributed by atoms with Crippen LogP contribution in [0.2, 0.25) is 0 Å². The lowest BCUT2D eigenvalue weighted by Crippen LogP contribution is -2.34. The number of carboxylic acids is 1. The molecule has 1 aromatic carbocycles. The summed E-state index contributed by atoms with van der Waals surface area (Å²) in [5.74, 6) is -3.51. The Morgan fingerprint density at radius 1 is 1.25 bits per heavy atom. The highest BCUT2D eigenvalue weighted by Gasteiger charge is 2.30. The molecule has 1 aromatic rings. The molecule has 0 aliphatic heterocycles. The van der Waals surface area contributed by atoms with E-state index < -0.39 is 23.5 Å². The second-order valence-electron chi connectivity index (χ2n) is 5.04. The first-order chi connectivity index (χ1) is 9.45. The van der Waals surface area contributed by atoms with Crippen molar-refractivity contribution in [3.63, 3.8) is 0 Å². The molecule has 6 heteroatoms. The van der Waals surface area contributed by atoms with Crippen molar-refractivity contribution in [1.29, 1.82) is 0 Å². The van der Waals surface area contributed by atoms with Crippen LogP contribution in [0.3, 0.4) is 0 Å². The Hall–Kier alpha value is -1.98. The Kier molecular flexibility index (Phi) is 4.32. The van der Waals surface area contributed by atoms with Gasteiger partial charge < -0.3 is 10.4 Å². The van der Waals surface area contributed by atoms with Gasteiger partial charge in [0.25, 0.3) is 0 Å². The van der Waals surface area contributed by atoms with Crippen LogP contribution in [0.15, 0.2) is 18.2 Å². The van der Waals surface area contributed by atoms with Gasteiger partial charge >= 0.3 is 5.97 Å². The van der Waals surface area contributed by atoms with Gasteiger partial charge in [-0.15, -0.1) is 0 Å². The van der Waals surface area contributed by atoms with Crippen LogP contribution < -0.4 is 5.32 Å². The molecule has 0 bridgehead atoms. The topological polar surface area (TPSA) is 66.4 Å². The summed E-state index contributed by atoms with van der Waals surface area (Å²) in [5, 5.41) is 11.6. The van der Waals surface area contributed by atoms with E-state index in [1.807, 2.05) is 0 Å². The highest BCUT2D eigenvalue weighted by atomic mass is 19.2. The van der Waals surface area contributed by atoms with Gasteiger partial charge in [0.2, 0.25) is 5.91 Å². The van der Waals surface area contributed by atoms with Gasteiger partial charge in [-0.05, 0) is 37.0 Å². The van der Waals surface area contributed by atoms with Gasteiger partial charge in [0.05, 0.1) is 12.3 Å². The van der Waals surface area contributed by atoms with Crippen molar-refractivity contribution in [2.45, 2.75) is 31.7 Å². The highest BCUT2D eigenvalue weighted by Crippen LogP contribution is 2.25. The molecule has 0 spiro atoms. The third kappa shape index (κ3) is 3.53. The van der Waals surface area contributed by atoms with Crippen molar-refractivity contribution in [1.82, 2.24) is 5.32 Å². The molecule has 2 N–H and O–H groups in total. The lowest BCUT2D eigenvalue weighted by atomic mass is 10.1. The molecule has 0 aromatic heterocycles. The lowest BCUT2D eigenvalue weighted by molar-refractivity contribution is -0.141. The number of hydrogen-bond acceptors (Lipinski definition) is 2. The summed E-state index contributed by atoms with van der Waals surface area (Å²) in [4.78, 5) is 22.6. The first-order valence-corrected chi connectivity index (χ1v) is 6.42. The lowest BCUT2D eigenvalue weighted by Gasteiger charge is -2.12. The fraction of sp³-hybridized carbons (Fsp3) is 0.429. The normalized spacial score (nSPS) is 21.7. The summed E-state index contributed by atoms with van der Waals surface area (Å²) < 4.78 is 25.8. The average Bonchev–Trinajstić information content (AvgIpc) is 2.82.